The summed E-state index contributed by atoms with van der Waals surface area (Å²) in [7, 11) is 1.69. The number of anilines is 1. The van der Waals surface area contributed by atoms with Crippen molar-refractivity contribution in [3.05, 3.63) is 60.7 Å². The van der Waals surface area contributed by atoms with Crippen molar-refractivity contribution < 1.29 is 27.9 Å². The molecule has 1 aromatic carbocycles. The van der Waals surface area contributed by atoms with Gasteiger partial charge >= 0.3 is 6.61 Å². The first kappa shape index (κ1) is 23.1. The van der Waals surface area contributed by atoms with Crippen molar-refractivity contribution in [2.75, 3.05) is 5.32 Å². The summed E-state index contributed by atoms with van der Waals surface area (Å²) in [5.41, 5.74) is 3.34. The Morgan fingerprint density at radius 1 is 1.18 bits per heavy atom. The second-order valence-electron chi connectivity index (χ2n) is 7.56. The summed E-state index contributed by atoms with van der Waals surface area (Å²) in [6.07, 6.45) is 6.17. The van der Waals surface area contributed by atoms with Gasteiger partial charge in [0.15, 0.2) is 5.75 Å². The lowest BCUT2D eigenvalue weighted by Crippen LogP contribution is -2.46. The maximum absolute atomic E-state index is 13.3. The molecule has 0 saturated heterocycles. The summed E-state index contributed by atoms with van der Waals surface area (Å²) in [6, 6.07) is 7.73. The number of nitrogens with zero attached hydrogens (tertiary/aromatic N) is 3. The quantitative estimate of drug-likeness (QED) is 0.306. The Bertz CT molecular complexity index is 1150. The van der Waals surface area contributed by atoms with Gasteiger partial charge in [0.1, 0.15) is 0 Å². The highest BCUT2D eigenvalue weighted by Gasteiger charge is 2.30. The lowest BCUT2D eigenvalue weighted by Gasteiger charge is -2.22. The van der Waals surface area contributed by atoms with Crippen LogP contribution in [0.2, 0.25) is 0 Å². The Balaban J connectivity index is 1.59. The summed E-state index contributed by atoms with van der Waals surface area (Å²) >= 11 is 0. The molecule has 1 atom stereocenters. The van der Waals surface area contributed by atoms with Crippen LogP contribution in [0.5, 0.6) is 5.75 Å². The van der Waals surface area contributed by atoms with Crippen LogP contribution in [-0.4, -0.2) is 45.5 Å². The van der Waals surface area contributed by atoms with Gasteiger partial charge in [-0.05, 0) is 31.0 Å². The molecule has 2 amide bonds. The zero-order chi connectivity index (χ0) is 24.1. The molecule has 12 heteroatoms. The van der Waals surface area contributed by atoms with E-state index in [0.29, 0.717) is 11.1 Å². The highest BCUT2D eigenvalue weighted by atomic mass is 19.3. The van der Waals surface area contributed by atoms with Crippen molar-refractivity contribution in [3.63, 3.8) is 0 Å². The molecule has 0 spiro atoms. The van der Waals surface area contributed by atoms with E-state index in [0.717, 1.165) is 12.8 Å². The van der Waals surface area contributed by atoms with Gasteiger partial charge in [0.2, 0.25) is 6.23 Å². The molecule has 3 N–H and O–H groups in total. The fourth-order valence-corrected chi connectivity index (χ4v) is 3.12. The zero-order valence-corrected chi connectivity index (χ0v) is 18.1. The predicted octanol–water partition coefficient (Wildman–Crippen LogP) is 2.46. The lowest BCUT2D eigenvalue weighted by atomic mass is 10.1. The lowest BCUT2D eigenvalue weighted by molar-refractivity contribution is -0.134. The number of pyridine rings is 1. The van der Waals surface area contributed by atoms with Gasteiger partial charge in [-0.1, -0.05) is 12.1 Å². The largest absolute Gasteiger partial charge is 0.432 e. The Morgan fingerprint density at radius 3 is 2.65 bits per heavy atom. The second kappa shape index (κ2) is 10.3. The standard InChI is InChI=1S/C22H22F2N6O4/c1-30-12-14(11-26-30)16-5-2-6-17(18(16)33-22(23)24)28-21(20(32)27-15-7-8-15)34-29-19(31)13-4-3-9-25-10-13/h2-6,9-12,15,21-22,28H,7-8H2,1H3,(H,27,32)(H,29,31). The maximum atomic E-state index is 13.3. The first-order chi connectivity index (χ1) is 16.4. The molecule has 1 aliphatic rings. The Labute approximate surface area is 193 Å². The monoisotopic (exact) mass is 472 g/mol. The van der Waals surface area contributed by atoms with Gasteiger partial charge in [-0.3, -0.25) is 19.3 Å². The minimum Gasteiger partial charge on any atom is -0.432 e. The third-order valence-electron chi connectivity index (χ3n) is 4.88. The minimum absolute atomic E-state index is 0.00654. The van der Waals surface area contributed by atoms with E-state index in [-0.39, 0.29) is 23.0 Å². The zero-order valence-electron chi connectivity index (χ0n) is 18.1. The molecule has 10 nitrogen and oxygen atoms in total. The molecule has 1 saturated carbocycles. The van der Waals surface area contributed by atoms with E-state index < -0.39 is 24.7 Å². The highest BCUT2D eigenvalue weighted by molar-refractivity contribution is 5.93. The smallest absolute Gasteiger partial charge is 0.387 e. The molecule has 178 valence electrons. The maximum Gasteiger partial charge on any atom is 0.387 e. The summed E-state index contributed by atoms with van der Waals surface area (Å²) in [5.74, 6) is -1.41. The van der Waals surface area contributed by atoms with Crippen LogP contribution in [0.25, 0.3) is 11.1 Å². The average Bonchev–Trinajstić information content (AvgIpc) is 3.54. The number of carbonyl (C=O) groups excluding carboxylic acids is 2. The normalized spacial score (nSPS) is 13.9. The van der Waals surface area contributed by atoms with Crippen molar-refractivity contribution >= 4 is 17.5 Å². The number of aryl methyl sites for hydroxylation is 1. The molecular weight excluding hydrogens is 450 g/mol. The second-order valence-corrected chi connectivity index (χ2v) is 7.56. The number of alkyl halides is 2. The first-order valence-electron chi connectivity index (χ1n) is 10.4. The van der Waals surface area contributed by atoms with E-state index in [9.17, 15) is 18.4 Å². The van der Waals surface area contributed by atoms with E-state index >= 15 is 0 Å². The number of ether oxygens (including phenoxy) is 1. The molecule has 0 radical (unpaired) electrons. The Hall–Kier alpha value is -4.06. The number of nitrogens with one attached hydrogen (secondary N) is 3. The summed E-state index contributed by atoms with van der Waals surface area (Å²) in [6.45, 7) is -3.12. The number of rotatable bonds is 10. The van der Waals surface area contributed by atoms with Crippen LogP contribution < -0.4 is 20.9 Å². The van der Waals surface area contributed by atoms with Crippen LogP contribution in [-0.2, 0) is 16.7 Å². The van der Waals surface area contributed by atoms with Gasteiger partial charge < -0.3 is 15.4 Å². The molecule has 34 heavy (non-hydrogen) atoms. The van der Waals surface area contributed by atoms with Crippen molar-refractivity contribution in [1.82, 2.24) is 25.6 Å². The van der Waals surface area contributed by atoms with Crippen molar-refractivity contribution in [3.8, 4) is 16.9 Å². The summed E-state index contributed by atoms with van der Waals surface area (Å²) in [5, 5.41) is 9.58. The van der Waals surface area contributed by atoms with Crippen molar-refractivity contribution in [2.24, 2.45) is 7.05 Å². The number of carbonyl (C=O) groups is 2. The first-order valence-corrected chi connectivity index (χ1v) is 10.4. The van der Waals surface area contributed by atoms with E-state index in [4.69, 9.17) is 9.57 Å². The van der Waals surface area contributed by atoms with Gasteiger partial charge in [-0.2, -0.15) is 13.9 Å². The minimum atomic E-state index is -3.12. The third kappa shape index (κ3) is 5.84. The van der Waals surface area contributed by atoms with Gasteiger partial charge in [0.25, 0.3) is 11.8 Å². The van der Waals surface area contributed by atoms with Crippen LogP contribution in [0.15, 0.2) is 55.1 Å². The summed E-state index contributed by atoms with van der Waals surface area (Å²) < 4.78 is 32.9. The molecular formula is C22H22F2N6O4. The van der Waals surface area contributed by atoms with E-state index in [1.807, 2.05) is 0 Å². The molecule has 3 aromatic rings. The van der Waals surface area contributed by atoms with Gasteiger partial charge in [0, 0.05) is 42.8 Å². The fraction of sp³-hybridized carbons (Fsp3) is 0.273. The van der Waals surface area contributed by atoms with Crippen LogP contribution in [0.3, 0.4) is 0 Å². The topological polar surface area (TPSA) is 119 Å². The van der Waals surface area contributed by atoms with Crippen molar-refractivity contribution in [2.45, 2.75) is 31.7 Å². The number of hydrogen-bond donors (Lipinski definition) is 3. The van der Waals surface area contributed by atoms with E-state index in [1.165, 1.54) is 35.4 Å². The Morgan fingerprint density at radius 2 is 2.00 bits per heavy atom. The number of aromatic nitrogens is 3. The molecule has 1 fully saturated rings. The number of amides is 2. The van der Waals surface area contributed by atoms with Crippen LogP contribution >= 0.6 is 0 Å². The average molecular weight is 472 g/mol. The van der Waals surface area contributed by atoms with Crippen LogP contribution in [0.4, 0.5) is 14.5 Å². The third-order valence-corrected chi connectivity index (χ3v) is 4.88. The Kier molecular flexibility index (Phi) is 6.97. The van der Waals surface area contributed by atoms with Crippen molar-refractivity contribution in [1.29, 1.82) is 0 Å². The van der Waals surface area contributed by atoms with Crippen LogP contribution in [0, 0.1) is 0 Å². The van der Waals surface area contributed by atoms with Gasteiger partial charge in [0.05, 0.1) is 17.4 Å². The summed E-state index contributed by atoms with van der Waals surface area (Å²) in [4.78, 5) is 34.3. The molecule has 1 unspecified atom stereocenters. The van der Waals surface area contributed by atoms with E-state index in [1.54, 1.807) is 31.4 Å². The number of hydroxylamine groups is 1. The molecule has 0 aliphatic heterocycles. The molecule has 0 bridgehead atoms. The number of benzene rings is 1. The number of hydrogen-bond acceptors (Lipinski definition) is 7. The fourth-order valence-electron chi connectivity index (χ4n) is 3.12. The van der Waals surface area contributed by atoms with Gasteiger partial charge in [-0.25, -0.2) is 10.3 Å². The molecule has 2 heterocycles. The molecule has 4 rings (SSSR count). The number of halogens is 2. The van der Waals surface area contributed by atoms with Gasteiger partial charge in [-0.15, -0.1) is 0 Å². The van der Waals surface area contributed by atoms with E-state index in [2.05, 4.69) is 26.2 Å². The molecule has 2 aromatic heterocycles. The molecule has 1 aliphatic carbocycles. The SMILES string of the molecule is Cn1cc(-c2cccc(NC(ONC(=O)c3cccnc3)C(=O)NC3CC3)c2OC(F)F)cn1. The highest BCUT2D eigenvalue weighted by Crippen LogP contribution is 2.38. The van der Waals surface area contributed by atoms with Crippen LogP contribution in [0.1, 0.15) is 23.2 Å². The number of para-hydroxylation sites is 1. The predicted molar refractivity (Wildman–Crippen MR) is 117 cm³/mol.